The highest BCUT2D eigenvalue weighted by atomic mass is 32.1. The third kappa shape index (κ3) is 3.00. The summed E-state index contributed by atoms with van der Waals surface area (Å²) in [6.45, 7) is 4.88. The second kappa shape index (κ2) is 5.08. The van der Waals surface area contributed by atoms with Crippen LogP contribution in [-0.2, 0) is 0 Å². The number of carbonyl (C=O) groups is 1. The molecule has 3 N–H and O–H groups in total. The van der Waals surface area contributed by atoms with E-state index < -0.39 is 0 Å². The van der Waals surface area contributed by atoms with Gasteiger partial charge in [-0.3, -0.25) is 4.79 Å². The Kier molecular flexibility index (Phi) is 3.72. The highest BCUT2D eigenvalue weighted by molar-refractivity contribution is 7.18. The van der Waals surface area contributed by atoms with E-state index in [9.17, 15) is 4.79 Å². The minimum Gasteiger partial charge on any atom is -0.397 e. The summed E-state index contributed by atoms with van der Waals surface area (Å²) >= 11 is 1.47. The second-order valence-electron chi connectivity index (χ2n) is 5.12. The molecule has 0 aliphatic heterocycles. The standard InChI is InChI=1S/C13H20N2OS/c1-8-3-4-10(5-8)7-15-12-6-11(14)13(17-12)9(2)16/h6,8,10,15H,3-5,7,14H2,1-2H3. The molecular weight excluding hydrogens is 232 g/mol. The number of carbonyl (C=O) groups excluding carboxylic acids is 1. The van der Waals surface area contributed by atoms with Gasteiger partial charge < -0.3 is 11.1 Å². The molecule has 3 nitrogen and oxygen atoms in total. The number of hydrogen-bond donors (Lipinski definition) is 2. The van der Waals surface area contributed by atoms with E-state index in [1.54, 1.807) is 6.92 Å². The van der Waals surface area contributed by atoms with E-state index in [1.165, 1.54) is 30.6 Å². The Morgan fingerprint density at radius 3 is 2.88 bits per heavy atom. The number of nitrogen functional groups attached to an aromatic ring is 1. The molecule has 0 bridgehead atoms. The number of rotatable bonds is 4. The minimum absolute atomic E-state index is 0.0510. The van der Waals surface area contributed by atoms with Crippen molar-refractivity contribution in [3.05, 3.63) is 10.9 Å². The van der Waals surface area contributed by atoms with E-state index in [2.05, 4.69) is 12.2 Å². The van der Waals surface area contributed by atoms with Gasteiger partial charge >= 0.3 is 0 Å². The Hall–Kier alpha value is -1.03. The van der Waals surface area contributed by atoms with E-state index >= 15 is 0 Å². The number of nitrogens with two attached hydrogens (primary N) is 1. The molecule has 2 unspecified atom stereocenters. The van der Waals surface area contributed by atoms with Crippen molar-refractivity contribution in [1.82, 2.24) is 0 Å². The lowest BCUT2D eigenvalue weighted by molar-refractivity contribution is 0.102. The summed E-state index contributed by atoms with van der Waals surface area (Å²) < 4.78 is 0. The molecule has 1 aromatic heterocycles. The van der Waals surface area contributed by atoms with Crippen LogP contribution >= 0.6 is 11.3 Å². The fourth-order valence-electron chi connectivity index (χ4n) is 2.52. The monoisotopic (exact) mass is 252 g/mol. The quantitative estimate of drug-likeness (QED) is 0.808. The van der Waals surface area contributed by atoms with Gasteiger partial charge in [0.25, 0.3) is 0 Å². The van der Waals surface area contributed by atoms with Crippen molar-refractivity contribution in [2.75, 3.05) is 17.6 Å². The van der Waals surface area contributed by atoms with Crippen LogP contribution in [0.1, 0.15) is 42.8 Å². The number of ketones is 1. The Morgan fingerprint density at radius 1 is 1.59 bits per heavy atom. The first-order chi connectivity index (χ1) is 8.06. The van der Waals surface area contributed by atoms with Crippen molar-refractivity contribution in [3.63, 3.8) is 0 Å². The Bertz CT molecular complexity index is 414. The fourth-order valence-corrected chi connectivity index (χ4v) is 3.40. The van der Waals surface area contributed by atoms with E-state index in [1.807, 2.05) is 6.07 Å². The van der Waals surface area contributed by atoms with Crippen LogP contribution in [0.5, 0.6) is 0 Å². The SMILES string of the molecule is CC(=O)c1sc(NCC2CCC(C)C2)cc1N. The maximum Gasteiger partial charge on any atom is 0.171 e. The van der Waals surface area contributed by atoms with Gasteiger partial charge in [0, 0.05) is 13.5 Å². The lowest BCUT2D eigenvalue weighted by Gasteiger charge is -2.10. The third-order valence-electron chi connectivity index (χ3n) is 3.45. The van der Waals surface area contributed by atoms with Crippen molar-refractivity contribution in [1.29, 1.82) is 0 Å². The van der Waals surface area contributed by atoms with Gasteiger partial charge in [0.15, 0.2) is 5.78 Å². The molecule has 1 aromatic rings. The van der Waals surface area contributed by atoms with Gasteiger partial charge in [-0.05, 0) is 30.7 Å². The van der Waals surface area contributed by atoms with Crippen molar-refractivity contribution in [2.24, 2.45) is 11.8 Å². The van der Waals surface area contributed by atoms with Gasteiger partial charge in [-0.2, -0.15) is 0 Å². The molecule has 0 radical (unpaired) electrons. The van der Waals surface area contributed by atoms with E-state index in [0.717, 1.165) is 23.4 Å². The summed E-state index contributed by atoms with van der Waals surface area (Å²) in [7, 11) is 0. The molecule has 0 spiro atoms. The minimum atomic E-state index is 0.0510. The smallest absolute Gasteiger partial charge is 0.171 e. The molecule has 0 aromatic carbocycles. The molecule has 1 fully saturated rings. The average Bonchev–Trinajstić information content (AvgIpc) is 2.82. The third-order valence-corrected chi connectivity index (χ3v) is 4.66. The van der Waals surface area contributed by atoms with Crippen LogP contribution in [0, 0.1) is 11.8 Å². The molecule has 4 heteroatoms. The fraction of sp³-hybridized carbons (Fsp3) is 0.615. The average molecular weight is 252 g/mol. The van der Waals surface area contributed by atoms with Gasteiger partial charge in [0.05, 0.1) is 15.6 Å². The number of nitrogens with one attached hydrogen (secondary N) is 1. The highest BCUT2D eigenvalue weighted by Gasteiger charge is 2.21. The first-order valence-corrected chi connectivity index (χ1v) is 7.02. The first kappa shape index (κ1) is 12.4. The summed E-state index contributed by atoms with van der Waals surface area (Å²) in [6.07, 6.45) is 3.97. The maximum atomic E-state index is 11.3. The molecule has 1 heterocycles. The van der Waals surface area contributed by atoms with E-state index in [4.69, 9.17) is 5.73 Å². The summed E-state index contributed by atoms with van der Waals surface area (Å²) in [5.41, 5.74) is 6.40. The van der Waals surface area contributed by atoms with Crippen LogP contribution in [0.15, 0.2) is 6.07 Å². The molecule has 94 valence electrons. The molecule has 0 saturated heterocycles. The molecule has 1 saturated carbocycles. The van der Waals surface area contributed by atoms with Gasteiger partial charge in [-0.25, -0.2) is 0 Å². The zero-order valence-electron chi connectivity index (χ0n) is 10.5. The Labute approximate surface area is 106 Å². The van der Waals surface area contributed by atoms with Gasteiger partial charge in [-0.1, -0.05) is 13.3 Å². The molecular formula is C13H20N2OS. The summed E-state index contributed by atoms with van der Waals surface area (Å²) in [5.74, 6) is 1.69. The van der Waals surface area contributed by atoms with Gasteiger partial charge in [0.2, 0.25) is 0 Å². The molecule has 2 atom stereocenters. The summed E-state index contributed by atoms with van der Waals surface area (Å²) in [4.78, 5) is 12.0. The molecule has 1 aliphatic carbocycles. The zero-order valence-corrected chi connectivity index (χ0v) is 11.3. The van der Waals surface area contributed by atoms with Crippen LogP contribution < -0.4 is 11.1 Å². The Morgan fingerprint density at radius 2 is 2.35 bits per heavy atom. The highest BCUT2D eigenvalue weighted by Crippen LogP contribution is 2.33. The molecule has 1 aliphatic rings. The number of anilines is 2. The maximum absolute atomic E-state index is 11.3. The van der Waals surface area contributed by atoms with Crippen LogP contribution in [0.3, 0.4) is 0 Å². The van der Waals surface area contributed by atoms with Crippen molar-refractivity contribution < 1.29 is 4.79 Å². The van der Waals surface area contributed by atoms with Crippen molar-refractivity contribution in [2.45, 2.75) is 33.1 Å². The first-order valence-electron chi connectivity index (χ1n) is 6.20. The van der Waals surface area contributed by atoms with Crippen LogP contribution in [0.2, 0.25) is 0 Å². The molecule has 17 heavy (non-hydrogen) atoms. The molecule has 2 rings (SSSR count). The topological polar surface area (TPSA) is 55.1 Å². The lowest BCUT2D eigenvalue weighted by Crippen LogP contribution is -2.10. The lowest BCUT2D eigenvalue weighted by atomic mass is 10.1. The van der Waals surface area contributed by atoms with Gasteiger partial charge in [-0.15, -0.1) is 11.3 Å². The predicted molar refractivity (Wildman–Crippen MR) is 73.7 cm³/mol. The van der Waals surface area contributed by atoms with Crippen LogP contribution in [0.25, 0.3) is 0 Å². The Balaban J connectivity index is 1.91. The number of Topliss-reactive ketones (excluding diaryl/α,β-unsaturated/α-hetero) is 1. The summed E-state index contributed by atoms with van der Waals surface area (Å²) in [5, 5.41) is 4.43. The van der Waals surface area contributed by atoms with E-state index in [-0.39, 0.29) is 5.78 Å². The normalized spacial score (nSPS) is 23.9. The van der Waals surface area contributed by atoms with Crippen molar-refractivity contribution >= 4 is 27.8 Å². The van der Waals surface area contributed by atoms with E-state index in [0.29, 0.717) is 10.6 Å². The largest absolute Gasteiger partial charge is 0.397 e. The van der Waals surface area contributed by atoms with Crippen LogP contribution in [0.4, 0.5) is 10.7 Å². The summed E-state index contributed by atoms with van der Waals surface area (Å²) in [6, 6.07) is 1.87. The number of hydrogen-bond acceptors (Lipinski definition) is 4. The van der Waals surface area contributed by atoms with Crippen molar-refractivity contribution in [3.8, 4) is 0 Å². The van der Waals surface area contributed by atoms with Crippen LogP contribution in [-0.4, -0.2) is 12.3 Å². The zero-order chi connectivity index (χ0) is 12.4. The number of thiophene rings is 1. The van der Waals surface area contributed by atoms with Gasteiger partial charge in [0.1, 0.15) is 0 Å². The molecule has 0 amide bonds. The second-order valence-corrected chi connectivity index (χ2v) is 6.17. The predicted octanol–water partition coefficient (Wildman–Crippen LogP) is 3.38.